The van der Waals surface area contributed by atoms with Gasteiger partial charge >= 0.3 is 6.18 Å². The molecule has 24 heavy (non-hydrogen) atoms. The highest BCUT2D eigenvalue weighted by Gasteiger charge is 2.39. The van der Waals surface area contributed by atoms with Gasteiger partial charge in [-0.05, 0) is 31.9 Å². The quantitative estimate of drug-likeness (QED) is 0.846. The van der Waals surface area contributed by atoms with Gasteiger partial charge in [-0.25, -0.2) is 4.39 Å². The van der Waals surface area contributed by atoms with E-state index in [0.29, 0.717) is 5.56 Å². The van der Waals surface area contributed by atoms with E-state index in [1.165, 1.54) is 19.1 Å². The average Bonchev–Trinajstić information content (AvgIpc) is 2.94. The summed E-state index contributed by atoms with van der Waals surface area (Å²) in [4.78, 5) is 12.2. The van der Waals surface area contributed by atoms with Gasteiger partial charge in [-0.3, -0.25) is 9.48 Å². The lowest BCUT2D eigenvalue weighted by Crippen LogP contribution is -2.35. The Morgan fingerprint density at radius 2 is 2.00 bits per heavy atom. The lowest BCUT2D eigenvalue weighted by atomic mass is 10.1. The van der Waals surface area contributed by atoms with Crippen LogP contribution in [-0.4, -0.2) is 21.7 Å². The standard InChI is InChI=1S/C16H17F4N3O/c1-3-23-14(16(18,19)20)12(9-21-23)15(24)22-10(2)8-11-6-4-5-7-13(11)17/h4-7,9-10H,3,8H2,1-2H3,(H,22,24)/t10-/m0/s1. The first-order valence-electron chi connectivity index (χ1n) is 7.41. The minimum atomic E-state index is -4.69. The Labute approximate surface area is 136 Å². The van der Waals surface area contributed by atoms with Crippen molar-refractivity contribution < 1.29 is 22.4 Å². The van der Waals surface area contributed by atoms with Crippen molar-refractivity contribution in [1.29, 1.82) is 0 Å². The van der Waals surface area contributed by atoms with E-state index in [9.17, 15) is 22.4 Å². The van der Waals surface area contributed by atoms with Crippen molar-refractivity contribution in [2.45, 2.75) is 39.0 Å². The fourth-order valence-electron chi connectivity index (χ4n) is 2.44. The molecule has 2 aromatic rings. The zero-order valence-corrected chi connectivity index (χ0v) is 13.2. The van der Waals surface area contributed by atoms with Crippen LogP contribution in [0.15, 0.2) is 30.5 Å². The molecule has 0 spiro atoms. The van der Waals surface area contributed by atoms with Crippen LogP contribution in [0.4, 0.5) is 17.6 Å². The van der Waals surface area contributed by atoms with Crippen molar-refractivity contribution in [3.63, 3.8) is 0 Å². The number of nitrogens with zero attached hydrogens (tertiary/aromatic N) is 2. The third kappa shape index (κ3) is 3.93. The molecule has 1 amide bonds. The summed E-state index contributed by atoms with van der Waals surface area (Å²) in [6, 6.07) is 5.50. The van der Waals surface area contributed by atoms with Gasteiger partial charge in [0.1, 0.15) is 5.82 Å². The zero-order chi connectivity index (χ0) is 17.9. The van der Waals surface area contributed by atoms with E-state index in [-0.39, 0.29) is 13.0 Å². The molecule has 130 valence electrons. The van der Waals surface area contributed by atoms with Crippen molar-refractivity contribution in [2.24, 2.45) is 0 Å². The third-order valence-electron chi connectivity index (χ3n) is 3.51. The van der Waals surface area contributed by atoms with Crippen molar-refractivity contribution in [3.05, 3.63) is 53.1 Å². The molecule has 4 nitrogen and oxygen atoms in total. The Hall–Kier alpha value is -2.38. The van der Waals surface area contributed by atoms with E-state index in [2.05, 4.69) is 10.4 Å². The number of nitrogens with one attached hydrogen (secondary N) is 1. The Morgan fingerprint density at radius 1 is 1.33 bits per heavy atom. The number of halogens is 4. The largest absolute Gasteiger partial charge is 0.433 e. The molecule has 1 aromatic heterocycles. The Bertz CT molecular complexity index is 724. The maximum atomic E-state index is 13.6. The van der Waals surface area contributed by atoms with Crippen molar-refractivity contribution in [1.82, 2.24) is 15.1 Å². The van der Waals surface area contributed by atoms with Gasteiger partial charge in [-0.2, -0.15) is 18.3 Å². The van der Waals surface area contributed by atoms with Crippen molar-refractivity contribution >= 4 is 5.91 Å². The van der Waals surface area contributed by atoms with Crippen molar-refractivity contribution in [2.75, 3.05) is 0 Å². The summed E-state index contributed by atoms with van der Waals surface area (Å²) in [6.07, 6.45) is -3.62. The molecule has 2 rings (SSSR count). The number of carbonyl (C=O) groups excluding carboxylic acids is 1. The second kappa shape index (κ2) is 7.02. The van der Waals surface area contributed by atoms with Gasteiger partial charge in [0.25, 0.3) is 5.91 Å². The first-order chi connectivity index (χ1) is 11.2. The Morgan fingerprint density at radius 3 is 2.58 bits per heavy atom. The number of alkyl halides is 3. The van der Waals surface area contributed by atoms with E-state index in [1.807, 2.05) is 0 Å². The number of benzene rings is 1. The molecule has 1 N–H and O–H groups in total. The van der Waals surface area contributed by atoms with Crippen LogP contribution in [-0.2, 0) is 19.1 Å². The van der Waals surface area contributed by atoms with Gasteiger partial charge in [-0.15, -0.1) is 0 Å². The van der Waals surface area contributed by atoms with Crippen LogP contribution in [0.3, 0.4) is 0 Å². The minimum Gasteiger partial charge on any atom is -0.349 e. The van der Waals surface area contributed by atoms with Gasteiger partial charge in [-0.1, -0.05) is 18.2 Å². The Kier molecular flexibility index (Phi) is 5.26. The van der Waals surface area contributed by atoms with E-state index >= 15 is 0 Å². The molecule has 0 saturated heterocycles. The SMILES string of the molecule is CCn1ncc(C(=O)N[C@@H](C)Cc2ccccc2F)c1C(F)(F)F. The number of hydrogen-bond donors (Lipinski definition) is 1. The van der Waals surface area contributed by atoms with E-state index in [0.717, 1.165) is 10.9 Å². The summed E-state index contributed by atoms with van der Waals surface area (Å²) >= 11 is 0. The fraction of sp³-hybridized carbons (Fsp3) is 0.375. The van der Waals surface area contributed by atoms with Gasteiger partial charge in [0.2, 0.25) is 0 Å². The molecule has 0 aliphatic rings. The highest BCUT2D eigenvalue weighted by molar-refractivity contribution is 5.95. The molecule has 0 fully saturated rings. The van der Waals surface area contributed by atoms with E-state index in [1.54, 1.807) is 19.1 Å². The summed E-state index contributed by atoms with van der Waals surface area (Å²) in [6.45, 7) is 3.10. The number of amides is 1. The smallest absolute Gasteiger partial charge is 0.349 e. The van der Waals surface area contributed by atoms with Crippen LogP contribution in [0, 0.1) is 5.82 Å². The van der Waals surface area contributed by atoms with E-state index in [4.69, 9.17) is 0 Å². The predicted octanol–water partition coefficient (Wildman–Crippen LogP) is 3.42. The van der Waals surface area contributed by atoms with Crippen LogP contribution in [0.1, 0.15) is 35.5 Å². The normalized spacial score (nSPS) is 12.9. The van der Waals surface area contributed by atoms with Crippen LogP contribution in [0.25, 0.3) is 0 Å². The summed E-state index contributed by atoms with van der Waals surface area (Å²) in [5, 5.41) is 6.07. The molecule has 0 unspecified atom stereocenters. The molecule has 0 aliphatic carbocycles. The fourth-order valence-corrected chi connectivity index (χ4v) is 2.44. The van der Waals surface area contributed by atoms with Crippen molar-refractivity contribution in [3.8, 4) is 0 Å². The number of aryl methyl sites for hydroxylation is 1. The number of rotatable bonds is 5. The summed E-state index contributed by atoms with van der Waals surface area (Å²) in [5.41, 5.74) is -1.24. The van der Waals surface area contributed by atoms with Gasteiger partial charge in [0.15, 0.2) is 5.69 Å². The first kappa shape index (κ1) is 18.0. The molecule has 1 aromatic carbocycles. The van der Waals surface area contributed by atoms with Gasteiger partial charge in [0, 0.05) is 12.6 Å². The summed E-state index contributed by atoms with van der Waals surface area (Å²) in [7, 11) is 0. The third-order valence-corrected chi connectivity index (χ3v) is 3.51. The van der Waals surface area contributed by atoms with Crippen LogP contribution in [0.5, 0.6) is 0 Å². The van der Waals surface area contributed by atoms with E-state index < -0.39 is 35.2 Å². The second-order valence-corrected chi connectivity index (χ2v) is 5.39. The summed E-state index contributed by atoms with van der Waals surface area (Å²) in [5.74, 6) is -1.31. The van der Waals surface area contributed by atoms with Crippen LogP contribution >= 0.6 is 0 Å². The number of aromatic nitrogens is 2. The Balaban J connectivity index is 2.16. The lowest BCUT2D eigenvalue weighted by Gasteiger charge is -2.16. The highest BCUT2D eigenvalue weighted by atomic mass is 19.4. The minimum absolute atomic E-state index is 0.00704. The number of carbonyl (C=O) groups is 1. The number of hydrogen-bond acceptors (Lipinski definition) is 2. The van der Waals surface area contributed by atoms with Crippen LogP contribution < -0.4 is 5.32 Å². The summed E-state index contributed by atoms with van der Waals surface area (Å²) < 4.78 is 53.7. The second-order valence-electron chi connectivity index (χ2n) is 5.39. The highest BCUT2D eigenvalue weighted by Crippen LogP contribution is 2.32. The molecule has 1 heterocycles. The monoisotopic (exact) mass is 343 g/mol. The molecule has 0 radical (unpaired) electrons. The van der Waals surface area contributed by atoms with Gasteiger partial charge in [0.05, 0.1) is 11.8 Å². The van der Waals surface area contributed by atoms with Gasteiger partial charge < -0.3 is 5.32 Å². The molecular formula is C16H17F4N3O. The molecule has 1 atom stereocenters. The zero-order valence-electron chi connectivity index (χ0n) is 13.2. The van der Waals surface area contributed by atoms with Crippen LogP contribution in [0.2, 0.25) is 0 Å². The maximum Gasteiger partial charge on any atom is 0.433 e. The topological polar surface area (TPSA) is 46.9 Å². The maximum absolute atomic E-state index is 13.6. The molecule has 0 aliphatic heterocycles. The molecule has 0 saturated carbocycles. The molecule has 0 bridgehead atoms. The molecule has 8 heteroatoms. The molecular weight excluding hydrogens is 326 g/mol. The first-order valence-corrected chi connectivity index (χ1v) is 7.41. The lowest BCUT2D eigenvalue weighted by molar-refractivity contribution is -0.144. The average molecular weight is 343 g/mol. The predicted molar refractivity (Wildman–Crippen MR) is 79.9 cm³/mol.